The highest BCUT2D eigenvalue weighted by molar-refractivity contribution is 7.33. The summed E-state index contributed by atoms with van der Waals surface area (Å²) in [6, 6.07) is 85.4. The molecular weight excluding hydrogens is 1240 g/mol. The van der Waals surface area contributed by atoms with Crippen LogP contribution in [0.5, 0.6) is 0 Å². The van der Waals surface area contributed by atoms with Gasteiger partial charge in [-0.2, -0.15) is 0 Å². The summed E-state index contributed by atoms with van der Waals surface area (Å²) in [6.45, 7) is 19.3. The van der Waals surface area contributed by atoms with Crippen molar-refractivity contribution in [1.82, 2.24) is 4.57 Å². The van der Waals surface area contributed by atoms with E-state index in [1.54, 1.807) is 11.3 Å². The van der Waals surface area contributed by atoms with Crippen LogP contribution in [0.4, 0.5) is 34.1 Å². The van der Waals surface area contributed by atoms with Gasteiger partial charge in [0, 0.05) is 76.0 Å². The van der Waals surface area contributed by atoms with Crippen LogP contribution < -0.4 is 25.5 Å². The molecule has 2 aromatic heterocycles. The molecule has 17 aromatic rings. The molecule has 3 nitrogen and oxygen atoms in total. The van der Waals surface area contributed by atoms with E-state index in [0.717, 1.165) is 147 Å². The standard InChI is InChI=1S/C96H76BN3S/c1-94(2,3)68-45-48-73-85(57-68)101-93-92(73)100(91-77(62-34-21-13-22-35-62)55-70(96(7,8)9)56-78(91)63-36-23-14-24-37-63)84-52-67(59-28-15-10-16-29-59)51-83-88(84)97(93)80-49-46-71(98-81-41-26-25-40-72(81)79-50-66-43-42-64-38-27-39-65-44-47-74(89(79)98)87(66)86(64)65)58-82(80)99(83)90-75(60-30-17-11-18-31-60)53-69(95(4,5)6)54-76(90)61-32-19-12-20-33-61/h10-58H,1-9H3/i10D,15D,16D,28D,29D,46D,49D,58D. The summed E-state index contributed by atoms with van der Waals surface area (Å²) < 4.78 is 87.3. The molecule has 0 fully saturated rings. The zero-order valence-electron chi connectivity index (χ0n) is 66.0. The second-order valence-corrected chi connectivity index (χ2v) is 31.7. The molecule has 0 amide bonds. The van der Waals surface area contributed by atoms with E-state index in [1.807, 2.05) is 48.5 Å². The van der Waals surface area contributed by atoms with Crippen LogP contribution in [0.2, 0.25) is 0 Å². The highest BCUT2D eigenvalue weighted by Gasteiger charge is 2.48. The number of thiophene rings is 1. The van der Waals surface area contributed by atoms with Crippen molar-refractivity contribution in [2.75, 3.05) is 9.80 Å². The summed E-state index contributed by atoms with van der Waals surface area (Å²) in [5, 5.41) is 9.29. The SMILES string of the molecule is [2H]c1c([2H])c([2H])c(-c2cc3c4c(c2)N(c2c(-c5ccccc5)cc(C(C)(C)C)cc2-c2ccccc2)c2c(sc5cc(C(C)(C)C)ccc25)B4c2c([2H])c([2H])c(-n4c5ccccc5c5cc6ccc7cccc8ccc(c6c78)c54)c([2H])c2N3c2c(-c3ccccc3)cc(C(C)(C)C)cc2-c2ccccc2)c([2H])c1[2H]. The molecule has 0 radical (unpaired) electrons. The van der Waals surface area contributed by atoms with Crippen molar-refractivity contribution in [2.24, 2.45) is 0 Å². The van der Waals surface area contributed by atoms with Gasteiger partial charge in [0.25, 0.3) is 6.71 Å². The molecule has 4 heterocycles. The molecule has 0 spiro atoms. The molecule has 5 heteroatoms. The molecule has 0 unspecified atom stereocenters. The molecule has 484 valence electrons. The fraction of sp³-hybridized carbons (Fsp3) is 0.125. The number of hydrogen-bond donors (Lipinski definition) is 0. The second kappa shape index (κ2) is 22.6. The summed E-state index contributed by atoms with van der Waals surface area (Å²) in [5.41, 5.74) is 17.0. The number of hydrogen-bond acceptors (Lipinski definition) is 3. The van der Waals surface area contributed by atoms with Gasteiger partial charge in [-0.05, 0) is 171 Å². The number of nitrogens with zero attached hydrogens (tertiary/aromatic N) is 3. The Hall–Kier alpha value is -11.2. The minimum atomic E-state index is -0.860. The third kappa shape index (κ3) is 9.60. The Balaban J connectivity index is 1.07. The maximum absolute atomic E-state index is 12.0. The second-order valence-electron chi connectivity index (χ2n) is 30.6. The molecule has 0 saturated heterocycles. The van der Waals surface area contributed by atoms with Crippen molar-refractivity contribution in [3.63, 3.8) is 0 Å². The maximum Gasteiger partial charge on any atom is 0.264 e. The lowest BCUT2D eigenvalue weighted by Crippen LogP contribution is -2.60. The van der Waals surface area contributed by atoms with Crippen molar-refractivity contribution >= 4 is 132 Å². The normalized spacial score (nSPS) is 14.2. The summed E-state index contributed by atoms with van der Waals surface area (Å²) in [7, 11) is 0. The van der Waals surface area contributed by atoms with Crippen LogP contribution in [0.1, 0.15) is 90.0 Å². The van der Waals surface area contributed by atoms with E-state index in [9.17, 15) is 9.60 Å². The van der Waals surface area contributed by atoms with Gasteiger partial charge in [0.05, 0.1) is 39.1 Å². The molecule has 15 aromatic carbocycles. The molecule has 2 aliphatic heterocycles. The largest absolute Gasteiger partial charge is 0.310 e. The van der Waals surface area contributed by atoms with Crippen LogP contribution in [0.3, 0.4) is 0 Å². The maximum atomic E-state index is 12.0. The van der Waals surface area contributed by atoms with Gasteiger partial charge in [0.15, 0.2) is 0 Å². The number of fused-ring (bicyclic) bond motifs is 10. The molecule has 0 saturated carbocycles. The molecule has 101 heavy (non-hydrogen) atoms. The Kier molecular flexibility index (Phi) is 11.8. The van der Waals surface area contributed by atoms with Crippen molar-refractivity contribution in [2.45, 2.75) is 78.6 Å². The molecule has 0 bridgehead atoms. The van der Waals surface area contributed by atoms with E-state index < -0.39 is 30.3 Å². The average molecular weight is 1320 g/mol. The van der Waals surface area contributed by atoms with Crippen molar-refractivity contribution in [3.8, 4) is 61.3 Å². The predicted octanol–water partition coefficient (Wildman–Crippen LogP) is 25.2. The molecular formula is C96H76BN3S. The van der Waals surface area contributed by atoms with E-state index in [4.69, 9.17) is 1.37 Å². The lowest BCUT2D eigenvalue weighted by molar-refractivity contribution is 0.590. The highest BCUT2D eigenvalue weighted by Crippen LogP contribution is 2.57. The zero-order chi connectivity index (χ0) is 75.3. The van der Waals surface area contributed by atoms with Crippen LogP contribution in [0.25, 0.3) is 126 Å². The lowest BCUT2D eigenvalue weighted by Gasteiger charge is -2.45. The number of rotatable bonds is 8. The summed E-state index contributed by atoms with van der Waals surface area (Å²) in [4.78, 5) is 4.63. The van der Waals surface area contributed by atoms with Crippen LogP contribution in [0, 0.1) is 0 Å². The number of anilines is 6. The predicted molar refractivity (Wildman–Crippen MR) is 437 cm³/mol. The Morgan fingerprint density at radius 2 is 0.861 bits per heavy atom. The molecule has 2 aliphatic rings. The van der Waals surface area contributed by atoms with Crippen LogP contribution in [0.15, 0.2) is 297 Å². The van der Waals surface area contributed by atoms with Gasteiger partial charge in [-0.1, -0.05) is 293 Å². The smallest absolute Gasteiger partial charge is 0.264 e. The van der Waals surface area contributed by atoms with Gasteiger partial charge in [-0.3, -0.25) is 0 Å². The van der Waals surface area contributed by atoms with Gasteiger partial charge >= 0.3 is 0 Å². The average Bonchev–Trinajstić information content (AvgIpc) is 1.67. The first-order valence-electron chi connectivity index (χ1n) is 39.1. The zero-order valence-corrected chi connectivity index (χ0v) is 58.8. The minimum absolute atomic E-state index is 0.0112. The fourth-order valence-corrected chi connectivity index (χ4v) is 17.6. The van der Waals surface area contributed by atoms with Crippen LogP contribution in [-0.2, 0) is 16.2 Å². The Morgan fingerprint density at radius 3 is 1.43 bits per heavy atom. The van der Waals surface area contributed by atoms with E-state index in [2.05, 4.69) is 277 Å². The molecule has 0 aliphatic carbocycles. The monoisotopic (exact) mass is 1320 g/mol. The number of aromatic nitrogens is 1. The third-order valence-electron chi connectivity index (χ3n) is 21.3. The Morgan fingerprint density at radius 1 is 0.356 bits per heavy atom. The summed E-state index contributed by atoms with van der Waals surface area (Å²) in [6.07, 6.45) is 0. The fourth-order valence-electron chi connectivity index (χ4n) is 16.3. The van der Waals surface area contributed by atoms with Gasteiger partial charge in [-0.25, -0.2) is 0 Å². The first-order chi connectivity index (χ1) is 52.3. The van der Waals surface area contributed by atoms with Crippen molar-refractivity contribution < 1.29 is 11.0 Å². The van der Waals surface area contributed by atoms with Crippen LogP contribution in [-0.4, -0.2) is 11.3 Å². The Bertz CT molecular complexity index is 6540. The summed E-state index contributed by atoms with van der Waals surface area (Å²) >= 11 is 1.68. The number of para-hydroxylation sites is 1. The van der Waals surface area contributed by atoms with Crippen molar-refractivity contribution in [3.05, 3.63) is 314 Å². The Labute approximate surface area is 607 Å². The third-order valence-corrected chi connectivity index (χ3v) is 22.5. The van der Waals surface area contributed by atoms with Gasteiger partial charge in [0.2, 0.25) is 0 Å². The number of benzene rings is 15. The van der Waals surface area contributed by atoms with E-state index in [1.165, 1.54) is 0 Å². The quantitative estimate of drug-likeness (QED) is 0.111. The van der Waals surface area contributed by atoms with Crippen LogP contribution >= 0.6 is 11.3 Å². The van der Waals surface area contributed by atoms with Gasteiger partial charge < -0.3 is 14.4 Å². The first-order valence-corrected chi connectivity index (χ1v) is 35.9. The lowest BCUT2D eigenvalue weighted by atomic mass is 9.36. The first kappa shape index (κ1) is 52.8. The van der Waals surface area contributed by atoms with E-state index in [-0.39, 0.29) is 52.3 Å². The molecule has 19 rings (SSSR count). The topological polar surface area (TPSA) is 11.4 Å². The summed E-state index contributed by atoms with van der Waals surface area (Å²) in [5.74, 6) is 0. The molecule has 0 N–H and O–H groups in total. The van der Waals surface area contributed by atoms with Gasteiger partial charge in [-0.15, -0.1) is 11.3 Å². The minimum Gasteiger partial charge on any atom is -0.310 e. The molecule has 0 atom stereocenters. The van der Waals surface area contributed by atoms with E-state index >= 15 is 0 Å². The highest BCUT2D eigenvalue weighted by atomic mass is 32.1. The van der Waals surface area contributed by atoms with Gasteiger partial charge in [0.1, 0.15) is 0 Å². The van der Waals surface area contributed by atoms with E-state index in [0.29, 0.717) is 33.8 Å². The van der Waals surface area contributed by atoms with Crippen molar-refractivity contribution in [1.29, 1.82) is 0 Å².